The van der Waals surface area contributed by atoms with Crippen LogP contribution in [0.2, 0.25) is 0 Å². The molecular formula is C14H23N3O3. The Balaban J connectivity index is 1.51. The maximum absolute atomic E-state index is 11.6. The van der Waals surface area contributed by atoms with Crippen molar-refractivity contribution < 1.29 is 14.4 Å². The van der Waals surface area contributed by atoms with E-state index >= 15 is 0 Å². The van der Waals surface area contributed by atoms with E-state index in [2.05, 4.69) is 16.0 Å². The van der Waals surface area contributed by atoms with Gasteiger partial charge in [0.15, 0.2) is 0 Å². The second kappa shape index (κ2) is 6.72. The highest BCUT2D eigenvalue weighted by Gasteiger charge is 2.42. The lowest BCUT2D eigenvalue weighted by molar-refractivity contribution is -0.127. The van der Waals surface area contributed by atoms with E-state index in [1.807, 2.05) is 0 Å². The standard InChI is InChI=1S/C14H23N3O3/c1-15-14(20)11-7-10(11)8-17-12(18)5-6-16-13(19)9-3-2-4-9/h9-11H,2-8H2,1H3,(H,15,20)(H,16,19)(H,17,18). The van der Waals surface area contributed by atoms with E-state index in [1.165, 1.54) is 0 Å². The Hall–Kier alpha value is -1.59. The van der Waals surface area contributed by atoms with E-state index in [1.54, 1.807) is 7.05 Å². The molecule has 112 valence electrons. The van der Waals surface area contributed by atoms with Gasteiger partial charge in [0.05, 0.1) is 0 Å². The molecule has 2 unspecified atom stereocenters. The van der Waals surface area contributed by atoms with Crippen LogP contribution >= 0.6 is 0 Å². The van der Waals surface area contributed by atoms with E-state index in [0.717, 1.165) is 25.7 Å². The molecule has 20 heavy (non-hydrogen) atoms. The molecule has 0 aromatic heterocycles. The van der Waals surface area contributed by atoms with Gasteiger partial charge in [0.25, 0.3) is 0 Å². The predicted octanol–water partition coefficient (Wildman–Crippen LogP) is -0.209. The summed E-state index contributed by atoms with van der Waals surface area (Å²) in [4.78, 5) is 34.4. The normalized spacial score (nSPS) is 24.4. The van der Waals surface area contributed by atoms with Crippen molar-refractivity contribution >= 4 is 17.7 Å². The van der Waals surface area contributed by atoms with Crippen molar-refractivity contribution in [1.82, 2.24) is 16.0 Å². The molecule has 0 aromatic carbocycles. The number of hydrogen-bond acceptors (Lipinski definition) is 3. The number of amides is 3. The van der Waals surface area contributed by atoms with Gasteiger partial charge in [-0.25, -0.2) is 0 Å². The van der Waals surface area contributed by atoms with Crippen LogP contribution in [0.25, 0.3) is 0 Å². The molecule has 6 nitrogen and oxygen atoms in total. The van der Waals surface area contributed by atoms with Crippen LogP contribution in [0, 0.1) is 17.8 Å². The van der Waals surface area contributed by atoms with E-state index in [9.17, 15) is 14.4 Å². The lowest BCUT2D eigenvalue weighted by atomic mass is 9.85. The van der Waals surface area contributed by atoms with Crippen LogP contribution in [-0.2, 0) is 14.4 Å². The van der Waals surface area contributed by atoms with Crippen LogP contribution in [0.4, 0.5) is 0 Å². The SMILES string of the molecule is CNC(=O)C1CC1CNC(=O)CCNC(=O)C1CCC1. The molecule has 2 aliphatic carbocycles. The average molecular weight is 281 g/mol. The maximum Gasteiger partial charge on any atom is 0.223 e. The van der Waals surface area contributed by atoms with Gasteiger partial charge in [-0.1, -0.05) is 6.42 Å². The molecule has 0 bridgehead atoms. The summed E-state index contributed by atoms with van der Waals surface area (Å²) in [6.45, 7) is 0.943. The lowest BCUT2D eigenvalue weighted by Crippen LogP contribution is -2.37. The van der Waals surface area contributed by atoms with Gasteiger partial charge in [-0.2, -0.15) is 0 Å². The second-order valence-corrected chi connectivity index (χ2v) is 5.69. The van der Waals surface area contributed by atoms with Crippen molar-refractivity contribution in [3.63, 3.8) is 0 Å². The van der Waals surface area contributed by atoms with Crippen LogP contribution < -0.4 is 16.0 Å². The lowest BCUT2D eigenvalue weighted by Gasteiger charge is -2.23. The molecule has 0 radical (unpaired) electrons. The van der Waals surface area contributed by atoms with Gasteiger partial charge in [-0.3, -0.25) is 14.4 Å². The minimum absolute atomic E-state index is 0.0528. The highest BCUT2D eigenvalue weighted by Crippen LogP contribution is 2.37. The summed E-state index contributed by atoms with van der Waals surface area (Å²) in [7, 11) is 1.63. The van der Waals surface area contributed by atoms with Crippen LogP contribution in [0.5, 0.6) is 0 Å². The van der Waals surface area contributed by atoms with Crippen LogP contribution in [0.1, 0.15) is 32.1 Å². The van der Waals surface area contributed by atoms with E-state index < -0.39 is 0 Å². The number of carbonyl (C=O) groups excluding carboxylic acids is 3. The number of rotatable bonds is 7. The smallest absolute Gasteiger partial charge is 0.223 e. The van der Waals surface area contributed by atoms with Gasteiger partial charge < -0.3 is 16.0 Å². The molecule has 2 atom stereocenters. The van der Waals surface area contributed by atoms with Crippen LogP contribution in [-0.4, -0.2) is 37.9 Å². The Labute approximate surface area is 119 Å². The molecule has 0 aliphatic heterocycles. The zero-order valence-corrected chi connectivity index (χ0v) is 11.9. The third kappa shape index (κ3) is 3.95. The van der Waals surface area contributed by atoms with Crippen LogP contribution in [0.15, 0.2) is 0 Å². The molecule has 2 aliphatic rings. The molecule has 0 heterocycles. The molecule has 3 amide bonds. The van der Waals surface area contributed by atoms with Crippen molar-refractivity contribution in [3.8, 4) is 0 Å². The second-order valence-electron chi connectivity index (χ2n) is 5.69. The van der Waals surface area contributed by atoms with Crippen LogP contribution in [0.3, 0.4) is 0 Å². The van der Waals surface area contributed by atoms with E-state index in [-0.39, 0.29) is 35.5 Å². The molecule has 2 fully saturated rings. The topological polar surface area (TPSA) is 87.3 Å². The molecule has 0 saturated heterocycles. The third-order valence-electron chi connectivity index (χ3n) is 4.19. The summed E-state index contributed by atoms with van der Waals surface area (Å²) in [5.74, 6) is 0.546. The largest absolute Gasteiger partial charge is 0.359 e. The Bertz CT molecular complexity index is 393. The summed E-state index contributed by atoms with van der Waals surface area (Å²) >= 11 is 0. The molecule has 0 spiro atoms. The summed E-state index contributed by atoms with van der Waals surface area (Å²) in [5.41, 5.74) is 0. The van der Waals surface area contributed by atoms with Gasteiger partial charge in [0, 0.05) is 38.4 Å². The van der Waals surface area contributed by atoms with Gasteiger partial charge in [0.1, 0.15) is 0 Å². The zero-order chi connectivity index (χ0) is 14.5. The highest BCUT2D eigenvalue weighted by atomic mass is 16.2. The summed E-state index contributed by atoms with van der Waals surface area (Å²) in [6, 6.07) is 0. The fourth-order valence-electron chi connectivity index (χ4n) is 2.43. The van der Waals surface area contributed by atoms with Gasteiger partial charge in [-0.15, -0.1) is 0 Å². The quantitative estimate of drug-likeness (QED) is 0.603. The first kappa shape index (κ1) is 14.8. The Morgan fingerprint density at radius 2 is 1.85 bits per heavy atom. The molecule has 0 aromatic rings. The number of nitrogens with one attached hydrogen (secondary N) is 3. The molecule has 3 N–H and O–H groups in total. The molecule has 6 heteroatoms. The average Bonchev–Trinajstić information content (AvgIpc) is 3.13. The first-order valence-electron chi connectivity index (χ1n) is 7.37. The fourth-order valence-corrected chi connectivity index (χ4v) is 2.43. The van der Waals surface area contributed by atoms with Crippen molar-refractivity contribution in [1.29, 1.82) is 0 Å². The van der Waals surface area contributed by atoms with Crippen molar-refractivity contribution in [2.45, 2.75) is 32.1 Å². The van der Waals surface area contributed by atoms with Crippen molar-refractivity contribution in [2.24, 2.45) is 17.8 Å². The highest BCUT2D eigenvalue weighted by molar-refractivity contribution is 5.82. The van der Waals surface area contributed by atoms with Gasteiger partial charge in [0.2, 0.25) is 17.7 Å². The monoisotopic (exact) mass is 281 g/mol. The fraction of sp³-hybridized carbons (Fsp3) is 0.786. The first-order chi connectivity index (χ1) is 9.61. The molecular weight excluding hydrogens is 258 g/mol. The molecule has 2 rings (SSSR count). The first-order valence-corrected chi connectivity index (χ1v) is 7.37. The van der Waals surface area contributed by atoms with Crippen molar-refractivity contribution in [3.05, 3.63) is 0 Å². The number of carbonyl (C=O) groups is 3. The molecule has 2 saturated carbocycles. The Morgan fingerprint density at radius 1 is 1.10 bits per heavy atom. The Kier molecular flexibility index (Phi) is 4.98. The van der Waals surface area contributed by atoms with Gasteiger partial charge in [-0.05, 0) is 25.2 Å². The zero-order valence-electron chi connectivity index (χ0n) is 11.9. The summed E-state index contributed by atoms with van der Waals surface area (Å²) in [5, 5.41) is 8.22. The summed E-state index contributed by atoms with van der Waals surface area (Å²) in [6.07, 6.45) is 4.22. The third-order valence-corrected chi connectivity index (χ3v) is 4.19. The van der Waals surface area contributed by atoms with E-state index in [4.69, 9.17) is 0 Å². The maximum atomic E-state index is 11.6. The minimum Gasteiger partial charge on any atom is -0.359 e. The summed E-state index contributed by atoms with van der Waals surface area (Å²) < 4.78 is 0. The van der Waals surface area contributed by atoms with Crippen molar-refractivity contribution in [2.75, 3.05) is 20.1 Å². The van der Waals surface area contributed by atoms with Gasteiger partial charge >= 0.3 is 0 Å². The predicted molar refractivity (Wildman–Crippen MR) is 73.6 cm³/mol. The van der Waals surface area contributed by atoms with E-state index in [0.29, 0.717) is 19.5 Å². The Morgan fingerprint density at radius 3 is 2.45 bits per heavy atom. The minimum atomic E-state index is -0.0681. The number of hydrogen-bond donors (Lipinski definition) is 3.